The average Bonchev–Trinajstić information content (AvgIpc) is 1.61. The van der Waals surface area contributed by atoms with E-state index in [4.69, 9.17) is 5.84 Å². The first-order chi connectivity index (χ1) is 2.91. The molecule has 0 bridgehead atoms. The normalized spacial score (nSPS) is 9.33. The number of hydrogen-bond acceptors (Lipinski definition) is 3. The Hall–Kier alpha value is -0.440. The maximum Gasteiger partial charge on any atom is 0.0836 e. The van der Waals surface area contributed by atoms with Crippen LogP contribution in [0.25, 0.3) is 0 Å². The monoisotopic (exact) mass is 102 g/mol. The third-order valence-corrected chi connectivity index (χ3v) is 0.654. The molecule has 3 heteroatoms. The van der Waals surface area contributed by atoms with Crippen LogP contribution in [-0.2, 0) is 0 Å². The number of rotatable bonds is 2. The molecule has 34 valence electrons. The van der Waals surface area contributed by atoms with Gasteiger partial charge in [0.2, 0.25) is 0 Å². The van der Waals surface area contributed by atoms with E-state index in [2.05, 4.69) is 11.7 Å². The van der Waals surface area contributed by atoms with Gasteiger partial charge in [0.15, 0.2) is 0 Å². The lowest BCUT2D eigenvalue weighted by Gasteiger charge is -1.70. The molecule has 0 rings (SSSR count). The van der Waals surface area contributed by atoms with Gasteiger partial charge in [-0.15, -0.1) is 0 Å². The summed E-state index contributed by atoms with van der Waals surface area (Å²) in [6.07, 6.45) is 0. The minimum Gasteiger partial charge on any atom is -0.323 e. The third-order valence-electron chi connectivity index (χ3n) is 0.218. The SMILES string of the molecule is C=CSC=NN. The minimum absolute atomic E-state index is 1.36. The Balaban J connectivity index is 2.85. The Morgan fingerprint density at radius 3 is 2.67 bits per heavy atom. The quantitative estimate of drug-likeness (QED) is 0.242. The maximum atomic E-state index is 4.72. The number of nitrogens with zero attached hydrogens (tertiary/aromatic N) is 1. The second-order valence-corrected chi connectivity index (χ2v) is 1.37. The highest BCUT2D eigenvalue weighted by Gasteiger charge is 1.59. The standard InChI is InChI=1S/C3H6N2S/c1-2-6-3-5-4/h2-3H,1,4H2. The van der Waals surface area contributed by atoms with Crippen LogP contribution in [0, 0.1) is 0 Å². The Morgan fingerprint density at radius 1 is 1.83 bits per heavy atom. The molecule has 0 spiro atoms. The molecular weight excluding hydrogens is 96.1 g/mol. The fourth-order valence-electron chi connectivity index (χ4n) is 0.0782. The summed E-state index contributed by atoms with van der Waals surface area (Å²) < 4.78 is 0. The molecule has 6 heavy (non-hydrogen) atoms. The predicted octanol–water partition coefficient (Wildman–Crippen LogP) is 0.765. The molecule has 0 atom stereocenters. The summed E-state index contributed by atoms with van der Waals surface area (Å²) >= 11 is 1.36. The third kappa shape index (κ3) is 3.56. The van der Waals surface area contributed by atoms with Crippen LogP contribution in [0.1, 0.15) is 0 Å². The molecule has 0 heterocycles. The molecule has 0 aliphatic rings. The predicted molar refractivity (Wildman–Crippen MR) is 30.5 cm³/mol. The lowest BCUT2D eigenvalue weighted by molar-refractivity contribution is 1.27. The summed E-state index contributed by atoms with van der Waals surface area (Å²) in [4.78, 5) is 0. The van der Waals surface area contributed by atoms with Crippen molar-refractivity contribution in [3.05, 3.63) is 12.0 Å². The van der Waals surface area contributed by atoms with Gasteiger partial charge in [0, 0.05) is 0 Å². The van der Waals surface area contributed by atoms with E-state index < -0.39 is 0 Å². The largest absolute Gasteiger partial charge is 0.323 e. The van der Waals surface area contributed by atoms with E-state index in [0.717, 1.165) is 0 Å². The van der Waals surface area contributed by atoms with Crippen molar-refractivity contribution in [2.45, 2.75) is 0 Å². The molecule has 0 saturated heterocycles. The van der Waals surface area contributed by atoms with Crippen LogP contribution in [0.2, 0.25) is 0 Å². The van der Waals surface area contributed by atoms with Gasteiger partial charge in [-0.2, -0.15) is 5.10 Å². The Bertz CT molecular complexity index is 59.8. The van der Waals surface area contributed by atoms with Gasteiger partial charge < -0.3 is 5.84 Å². The highest BCUT2D eigenvalue weighted by molar-refractivity contribution is 8.14. The van der Waals surface area contributed by atoms with Crippen molar-refractivity contribution in [3.63, 3.8) is 0 Å². The van der Waals surface area contributed by atoms with Gasteiger partial charge in [0.1, 0.15) is 0 Å². The van der Waals surface area contributed by atoms with Gasteiger partial charge >= 0.3 is 0 Å². The van der Waals surface area contributed by atoms with Crippen LogP contribution < -0.4 is 5.84 Å². The molecular formula is C3H6N2S. The minimum atomic E-state index is 1.36. The molecule has 0 aromatic carbocycles. The van der Waals surface area contributed by atoms with E-state index >= 15 is 0 Å². The van der Waals surface area contributed by atoms with E-state index in [1.54, 1.807) is 5.41 Å². The molecule has 0 aliphatic heterocycles. The van der Waals surface area contributed by atoms with Gasteiger partial charge in [-0.25, -0.2) is 0 Å². The lowest BCUT2D eigenvalue weighted by atomic mass is 11.3. The van der Waals surface area contributed by atoms with Gasteiger partial charge in [-0.1, -0.05) is 18.3 Å². The number of nitrogens with two attached hydrogens (primary N) is 1. The van der Waals surface area contributed by atoms with Crippen LogP contribution >= 0.6 is 11.8 Å². The maximum absolute atomic E-state index is 4.72. The van der Waals surface area contributed by atoms with E-state index in [9.17, 15) is 0 Å². The van der Waals surface area contributed by atoms with Crippen molar-refractivity contribution in [1.82, 2.24) is 0 Å². The number of hydrogen-bond donors (Lipinski definition) is 1. The van der Waals surface area contributed by atoms with E-state index in [0.29, 0.717) is 0 Å². The molecule has 0 radical (unpaired) electrons. The Kier molecular flexibility index (Phi) is 4.23. The summed E-state index contributed by atoms with van der Waals surface area (Å²) in [6.45, 7) is 3.41. The Labute approximate surface area is 41.1 Å². The smallest absolute Gasteiger partial charge is 0.0836 e. The van der Waals surface area contributed by atoms with Gasteiger partial charge in [-0.05, 0) is 5.41 Å². The summed E-state index contributed by atoms with van der Waals surface area (Å²) in [5, 5.41) is 4.84. The lowest BCUT2D eigenvalue weighted by Crippen LogP contribution is -1.74. The van der Waals surface area contributed by atoms with Crippen LogP contribution in [0.4, 0.5) is 0 Å². The van der Waals surface area contributed by atoms with Crippen molar-refractivity contribution in [1.29, 1.82) is 0 Å². The zero-order chi connectivity index (χ0) is 4.83. The van der Waals surface area contributed by atoms with Gasteiger partial charge in [-0.3, -0.25) is 0 Å². The first-order valence-electron chi connectivity index (χ1n) is 1.40. The van der Waals surface area contributed by atoms with Crippen LogP contribution in [0.5, 0.6) is 0 Å². The summed E-state index contributed by atoms with van der Waals surface area (Å²) in [6, 6.07) is 0. The molecule has 0 unspecified atom stereocenters. The van der Waals surface area contributed by atoms with Crippen molar-refractivity contribution >= 4 is 17.3 Å². The molecule has 0 saturated carbocycles. The second-order valence-electron chi connectivity index (χ2n) is 0.557. The van der Waals surface area contributed by atoms with Crippen molar-refractivity contribution in [3.8, 4) is 0 Å². The van der Waals surface area contributed by atoms with Crippen LogP contribution in [0.3, 0.4) is 0 Å². The van der Waals surface area contributed by atoms with Crippen molar-refractivity contribution < 1.29 is 0 Å². The first-order valence-corrected chi connectivity index (χ1v) is 2.34. The van der Waals surface area contributed by atoms with Crippen LogP contribution in [0.15, 0.2) is 17.1 Å². The summed E-state index contributed by atoms with van der Waals surface area (Å²) in [7, 11) is 0. The van der Waals surface area contributed by atoms with Crippen LogP contribution in [-0.4, -0.2) is 5.55 Å². The van der Waals surface area contributed by atoms with E-state index in [1.165, 1.54) is 17.3 Å². The number of hydrazone groups is 1. The fourth-order valence-corrected chi connectivity index (χ4v) is 0.235. The average molecular weight is 102 g/mol. The highest BCUT2D eigenvalue weighted by atomic mass is 32.2. The topological polar surface area (TPSA) is 38.4 Å². The molecule has 0 fully saturated rings. The van der Waals surface area contributed by atoms with E-state index in [-0.39, 0.29) is 0 Å². The molecule has 0 aliphatic carbocycles. The zero-order valence-corrected chi connectivity index (χ0v) is 4.11. The Morgan fingerprint density at radius 2 is 2.50 bits per heavy atom. The first kappa shape index (κ1) is 5.56. The second kappa shape index (κ2) is 4.56. The van der Waals surface area contributed by atoms with E-state index in [1.807, 2.05) is 0 Å². The zero-order valence-electron chi connectivity index (χ0n) is 3.29. The fraction of sp³-hybridized carbons (Fsp3) is 0. The van der Waals surface area contributed by atoms with Gasteiger partial charge in [0.25, 0.3) is 0 Å². The molecule has 0 amide bonds. The highest BCUT2D eigenvalue weighted by Crippen LogP contribution is 1.89. The summed E-state index contributed by atoms with van der Waals surface area (Å²) in [5.74, 6) is 4.72. The number of thioether (sulfide) groups is 1. The van der Waals surface area contributed by atoms with Crippen molar-refractivity contribution in [2.75, 3.05) is 0 Å². The van der Waals surface area contributed by atoms with Gasteiger partial charge in [0.05, 0.1) is 5.55 Å². The molecule has 2 N–H and O–H groups in total. The molecule has 0 aromatic heterocycles. The summed E-state index contributed by atoms with van der Waals surface area (Å²) in [5.41, 5.74) is 1.51. The molecule has 2 nitrogen and oxygen atoms in total. The van der Waals surface area contributed by atoms with Crippen molar-refractivity contribution in [2.24, 2.45) is 10.9 Å². The molecule has 0 aromatic rings.